The van der Waals surface area contributed by atoms with E-state index in [0.29, 0.717) is 12.3 Å². The Morgan fingerprint density at radius 2 is 2.00 bits per heavy atom. The summed E-state index contributed by atoms with van der Waals surface area (Å²) in [5, 5.41) is 3.87. The molecule has 0 unspecified atom stereocenters. The lowest BCUT2D eigenvalue weighted by molar-refractivity contribution is -0.121. The Hall–Kier alpha value is -0.860. The fourth-order valence-corrected chi connectivity index (χ4v) is 0.714. The van der Waals surface area contributed by atoms with E-state index in [9.17, 15) is 4.79 Å². The van der Waals surface area contributed by atoms with Crippen molar-refractivity contribution in [2.45, 2.75) is 41.0 Å². The largest absolute Gasteiger partial charge is 0.273 e. The highest BCUT2D eigenvalue weighted by Crippen LogP contribution is 2.07. The van der Waals surface area contributed by atoms with Crippen molar-refractivity contribution in [3.63, 3.8) is 0 Å². The normalized spacial score (nSPS) is 12.5. The molecule has 0 heterocycles. The predicted octanol–water partition coefficient (Wildman–Crippen LogP) is 2.18. The maximum absolute atomic E-state index is 11.1. The Bertz CT molecular complexity index is 190. The zero-order chi connectivity index (χ0) is 10.5. The van der Waals surface area contributed by atoms with E-state index in [4.69, 9.17) is 0 Å². The van der Waals surface area contributed by atoms with E-state index in [1.165, 1.54) is 0 Å². The summed E-state index contributed by atoms with van der Waals surface area (Å²) in [5.41, 5.74) is 2.52. The maximum atomic E-state index is 11.1. The average Bonchev–Trinajstić information content (AvgIpc) is 1.81. The lowest BCUT2D eigenvalue weighted by Gasteiger charge is -2.10. The van der Waals surface area contributed by atoms with Crippen molar-refractivity contribution in [2.24, 2.45) is 16.4 Å². The molecule has 0 aromatic carbocycles. The van der Waals surface area contributed by atoms with Crippen LogP contribution in [0.15, 0.2) is 5.10 Å². The van der Waals surface area contributed by atoms with Crippen molar-refractivity contribution in [1.29, 1.82) is 0 Å². The van der Waals surface area contributed by atoms with E-state index >= 15 is 0 Å². The first-order chi connectivity index (χ1) is 5.81. The van der Waals surface area contributed by atoms with Crippen LogP contribution >= 0.6 is 0 Å². The Labute approximate surface area is 80.6 Å². The molecule has 0 spiro atoms. The molecule has 0 atom stereocenters. The fraction of sp³-hybridized carbons (Fsp3) is 0.800. The highest BCUT2D eigenvalue weighted by molar-refractivity contribution is 5.77. The molecule has 0 aromatic heterocycles. The number of carbonyl (C=O) groups is 1. The number of hydrogen-bond donors (Lipinski definition) is 1. The smallest absolute Gasteiger partial charge is 0.240 e. The van der Waals surface area contributed by atoms with Gasteiger partial charge in [-0.05, 0) is 11.3 Å². The Morgan fingerprint density at radius 1 is 1.46 bits per heavy atom. The average molecular weight is 184 g/mol. The van der Waals surface area contributed by atoms with Crippen LogP contribution in [0, 0.1) is 11.3 Å². The number of nitrogens with zero attached hydrogens (tertiary/aromatic N) is 1. The van der Waals surface area contributed by atoms with Gasteiger partial charge in [-0.1, -0.05) is 34.6 Å². The molecule has 3 nitrogen and oxygen atoms in total. The Balaban J connectivity index is 3.77. The van der Waals surface area contributed by atoms with Crippen LogP contribution in [-0.2, 0) is 4.79 Å². The Kier molecular flexibility index (Phi) is 4.67. The maximum Gasteiger partial charge on any atom is 0.240 e. The summed E-state index contributed by atoms with van der Waals surface area (Å²) in [6, 6.07) is 0. The van der Waals surface area contributed by atoms with Gasteiger partial charge in [0.1, 0.15) is 0 Å². The summed E-state index contributed by atoms with van der Waals surface area (Å²) in [7, 11) is 0. The first kappa shape index (κ1) is 12.1. The molecule has 1 amide bonds. The van der Waals surface area contributed by atoms with E-state index < -0.39 is 0 Å². The Morgan fingerprint density at radius 3 is 2.38 bits per heavy atom. The van der Waals surface area contributed by atoms with Gasteiger partial charge >= 0.3 is 0 Å². The molecule has 0 radical (unpaired) electrons. The van der Waals surface area contributed by atoms with E-state index in [2.05, 4.69) is 10.5 Å². The molecule has 0 saturated heterocycles. The van der Waals surface area contributed by atoms with Crippen molar-refractivity contribution in [3.05, 3.63) is 0 Å². The number of carbonyl (C=O) groups excluding carboxylic acids is 1. The molecule has 0 rings (SSSR count). The van der Waals surface area contributed by atoms with E-state index in [0.717, 1.165) is 0 Å². The zero-order valence-electron chi connectivity index (χ0n) is 9.22. The SMILES string of the molecule is CC(C)CC(=O)N/N=C/C(C)(C)C. The molecule has 0 aromatic rings. The van der Waals surface area contributed by atoms with Gasteiger partial charge in [-0.2, -0.15) is 5.10 Å². The molecule has 0 bridgehead atoms. The topological polar surface area (TPSA) is 41.5 Å². The first-order valence-corrected chi connectivity index (χ1v) is 4.64. The fourth-order valence-electron chi connectivity index (χ4n) is 0.714. The lowest BCUT2D eigenvalue weighted by Crippen LogP contribution is -2.20. The highest BCUT2D eigenvalue weighted by atomic mass is 16.2. The standard InChI is InChI=1S/C10H20N2O/c1-8(2)6-9(13)12-11-7-10(3,4)5/h7-8H,6H2,1-5H3,(H,12,13)/b11-7+. The molecule has 13 heavy (non-hydrogen) atoms. The molecular formula is C10H20N2O. The minimum atomic E-state index is -0.0181. The summed E-state index contributed by atoms with van der Waals surface area (Å²) in [6.07, 6.45) is 2.27. The van der Waals surface area contributed by atoms with Gasteiger partial charge in [0, 0.05) is 12.6 Å². The van der Waals surface area contributed by atoms with Crippen LogP contribution in [0.4, 0.5) is 0 Å². The summed E-state index contributed by atoms with van der Waals surface area (Å²) in [4.78, 5) is 11.1. The minimum absolute atomic E-state index is 0.0181. The molecule has 1 N–H and O–H groups in total. The van der Waals surface area contributed by atoms with Crippen molar-refractivity contribution in [3.8, 4) is 0 Å². The second-order valence-corrected chi connectivity index (χ2v) is 4.76. The van der Waals surface area contributed by atoms with Crippen molar-refractivity contribution < 1.29 is 4.79 Å². The number of nitrogens with one attached hydrogen (secondary N) is 1. The first-order valence-electron chi connectivity index (χ1n) is 4.64. The molecular weight excluding hydrogens is 164 g/mol. The summed E-state index contributed by atoms with van der Waals surface area (Å²) < 4.78 is 0. The molecule has 76 valence electrons. The zero-order valence-corrected chi connectivity index (χ0v) is 9.22. The summed E-state index contributed by atoms with van der Waals surface area (Å²) in [6.45, 7) is 10.1. The number of hydrogen-bond acceptors (Lipinski definition) is 2. The summed E-state index contributed by atoms with van der Waals surface area (Å²) >= 11 is 0. The quantitative estimate of drug-likeness (QED) is 0.530. The number of rotatable bonds is 3. The van der Waals surface area contributed by atoms with Crippen LogP contribution < -0.4 is 5.43 Å². The van der Waals surface area contributed by atoms with Gasteiger partial charge < -0.3 is 0 Å². The third-order valence-corrected chi connectivity index (χ3v) is 1.23. The van der Waals surface area contributed by atoms with Gasteiger partial charge in [-0.15, -0.1) is 0 Å². The molecule has 0 aliphatic carbocycles. The predicted molar refractivity (Wildman–Crippen MR) is 55.5 cm³/mol. The second kappa shape index (κ2) is 5.00. The van der Waals surface area contributed by atoms with Crippen LogP contribution in [0.5, 0.6) is 0 Å². The van der Waals surface area contributed by atoms with Crippen LogP contribution in [0.1, 0.15) is 41.0 Å². The van der Waals surface area contributed by atoms with Crippen LogP contribution in [0.25, 0.3) is 0 Å². The summed E-state index contributed by atoms with van der Waals surface area (Å²) in [5.74, 6) is 0.361. The van der Waals surface area contributed by atoms with Crippen LogP contribution in [0.2, 0.25) is 0 Å². The van der Waals surface area contributed by atoms with E-state index in [-0.39, 0.29) is 11.3 Å². The lowest BCUT2D eigenvalue weighted by atomic mass is 9.99. The molecule has 0 saturated carbocycles. The third kappa shape index (κ3) is 9.05. The highest BCUT2D eigenvalue weighted by Gasteiger charge is 2.06. The van der Waals surface area contributed by atoms with E-state index in [1.807, 2.05) is 34.6 Å². The van der Waals surface area contributed by atoms with Gasteiger partial charge in [-0.25, -0.2) is 5.43 Å². The monoisotopic (exact) mass is 184 g/mol. The van der Waals surface area contributed by atoms with E-state index in [1.54, 1.807) is 6.21 Å². The molecule has 3 heteroatoms. The molecule has 0 fully saturated rings. The number of amides is 1. The number of hydrazone groups is 1. The van der Waals surface area contributed by atoms with Crippen molar-refractivity contribution in [1.82, 2.24) is 5.43 Å². The molecule has 0 aliphatic rings. The van der Waals surface area contributed by atoms with Crippen molar-refractivity contribution >= 4 is 12.1 Å². The third-order valence-electron chi connectivity index (χ3n) is 1.23. The van der Waals surface area contributed by atoms with Gasteiger partial charge in [0.25, 0.3) is 0 Å². The van der Waals surface area contributed by atoms with Crippen molar-refractivity contribution in [2.75, 3.05) is 0 Å². The second-order valence-electron chi connectivity index (χ2n) is 4.76. The molecule has 0 aliphatic heterocycles. The van der Waals surface area contributed by atoms with Gasteiger partial charge in [0.15, 0.2) is 0 Å². The van der Waals surface area contributed by atoms with Gasteiger partial charge in [0.2, 0.25) is 5.91 Å². The van der Waals surface area contributed by atoms with Crippen LogP contribution in [0.3, 0.4) is 0 Å². The van der Waals surface area contributed by atoms with Gasteiger partial charge in [-0.3, -0.25) is 4.79 Å². The minimum Gasteiger partial charge on any atom is -0.273 e. The van der Waals surface area contributed by atoms with Crippen LogP contribution in [-0.4, -0.2) is 12.1 Å². The van der Waals surface area contributed by atoms with Gasteiger partial charge in [0.05, 0.1) is 0 Å².